The Hall–Kier alpha value is -2.23. The number of nitrogens with zero attached hydrogens (tertiary/aromatic N) is 5. The largest absolute Gasteiger partial charge is 0.462 e. The van der Waals surface area contributed by atoms with E-state index in [2.05, 4.69) is 30.4 Å². The molecule has 0 aliphatic heterocycles. The summed E-state index contributed by atoms with van der Waals surface area (Å²) in [5, 5.41) is 17.8. The van der Waals surface area contributed by atoms with E-state index in [9.17, 15) is 4.79 Å². The minimum absolute atomic E-state index is 0.182. The molecule has 0 bridgehead atoms. The van der Waals surface area contributed by atoms with Crippen LogP contribution < -0.4 is 15.0 Å². The van der Waals surface area contributed by atoms with E-state index in [1.807, 2.05) is 0 Å². The highest BCUT2D eigenvalue weighted by Gasteiger charge is 2.15. The fraction of sp³-hybridized carbons (Fsp3) is 0.375. The van der Waals surface area contributed by atoms with Gasteiger partial charge in [-0.05, 0) is 11.3 Å². The van der Waals surface area contributed by atoms with Crippen LogP contribution in [0.3, 0.4) is 0 Å². The zero-order chi connectivity index (χ0) is 13.0. The van der Waals surface area contributed by atoms with Crippen LogP contribution in [0.25, 0.3) is 0 Å². The Kier molecular flexibility index (Phi) is 3.67. The Bertz CT molecular complexity index is 513. The maximum atomic E-state index is 11.3. The highest BCUT2D eigenvalue weighted by Crippen LogP contribution is 2.25. The summed E-state index contributed by atoms with van der Waals surface area (Å²) >= 11 is 1.15. The van der Waals surface area contributed by atoms with Gasteiger partial charge in [-0.1, -0.05) is 5.10 Å². The molecule has 0 aliphatic rings. The van der Waals surface area contributed by atoms with Crippen LogP contribution in [-0.4, -0.2) is 40.7 Å². The summed E-state index contributed by atoms with van der Waals surface area (Å²) in [5.41, 5.74) is 0.548. The fourth-order valence-electron chi connectivity index (χ4n) is 1.03. The summed E-state index contributed by atoms with van der Waals surface area (Å²) in [7, 11) is 3.12. The van der Waals surface area contributed by atoms with Crippen molar-refractivity contribution in [3.8, 4) is 5.19 Å². The highest BCUT2D eigenvalue weighted by molar-refractivity contribution is 7.17. The molecule has 96 valence electrons. The average molecular weight is 270 g/mol. The van der Waals surface area contributed by atoms with Gasteiger partial charge in [0.1, 0.15) is 12.3 Å². The minimum Gasteiger partial charge on any atom is -0.462 e. The third-order valence-corrected chi connectivity index (χ3v) is 2.86. The maximum Gasteiger partial charge on any atom is 0.323 e. The number of hydrogen-bond acceptors (Lipinski definition) is 8. The van der Waals surface area contributed by atoms with Crippen molar-refractivity contribution >= 4 is 22.5 Å². The molecule has 0 fully saturated rings. The van der Waals surface area contributed by atoms with E-state index in [4.69, 9.17) is 4.74 Å². The third-order valence-electron chi connectivity index (χ3n) is 1.95. The van der Waals surface area contributed by atoms with Crippen LogP contribution in [0, 0.1) is 0 Å². The van der Waals surface area contributed by atoms with Crippen LogP contribution in [0.15, 0.2) is 10.8 Å². The fourth-order valence-corrected chi connectivity index (χ4v) is 1.69. The van der Waals surface area contributed by atoms with Crippen molar-refractivity contribution in [2.45, 2.75) is 6.61 Å². The summed E-state index contributed by atoms with van der Waals surface area (Å²) in [6.07, 6.45) is 1.37. The standard InChI is InChI=1S/C8H10N6O3S/c1-9-6(15)14(2)7-11-12-8(18-7)16-3-5-4-17-13-10-5/h4H,3H2,1-2H3,(H,9,15). The number of anilines is 1. The van der Waals surface area contributed by atoms with Crippen molar-refractivity contribution in [1.82, 2.24) is 25.9 Å². The molecule has 0 unspecified atom stereocenters. The lowest BCUT2D eigenvalue weighted by Gasteiger charge is -2.10. The van der Waals surface area contributed by atoms with Crippen molar-refractivity contribution in [3.05, 3.63) is 12.0 Å². The Labute approximate surface area is 106 Å². The normalized spacial score (nSPS) is 10.1. The number of carbonyl (C=O) groups excluding carboxylic acids is 1. The molecule has 2 aromatic heterocycles. The molecular weight excluding hydrogens is 260 g/mol. The lowest BCUT2D eigenvalue weighted by molar-refractivity contribution is 0.249. The van der Waals surface area contributed by atoms with E-state index in [0.29, 0.717) is 16.0 Å². The summed E-state index contributed by atoms with van der Waals surface area (Å²) < 4.78 is 9.88. The van der Waals surface area contributed by atoms with Crippen molar-refractivity contribution in [1.29, 1.82) is 0 Å². The number of urea groups is 1. The monoisotopic (exact) mass is 270 g/mol. The van der Waals surface area contributed by atoms with Gasteiger partial charge < -0.3 is 14.6 Å². The van der Waals surface area contributed by atoms with E-state index >= 15 is 0 Å². The van der Waals surface area contributed by atoms with Gasteiger partial charge in [-0.2, -0.15) is 0 Å². The Morgan fingerprint density at radius 2 is 2.39 bits per heavy atom. The van der Waals surface area contributed by atoms with Crippen LogP contribution in [0.4, 0.5) is 9.93 Å². The lowest BCUT2D eigenvalue weighted by atomic mass is 10.5. The number of hydrogen-bond donors (Lipinski definition) is 1. The summed E-state index contributed by atoms with van der Waals surface area (Å²) in [6, 6.07) is -0.279. The molecule has 0 saturated heterocycles. The first-order valence-corrected chi connectivity index (χ1v) is 5.70. The van der Waals surface area contributed by atoms with Crippen molar-refractivity contribution < 1.29 is 14.1 Å². The Morgan fingerprint density at radius 3 is 3.06 bits per heavy atom. The minimum atomic E-state index is -0.279. The number of aromatic nitrogens is 4. The molecule has 0 aliphatic carbocycles. The number of carbonyl (C=O) groups is 1. The van der Waals surface area contributed by atoms with Crippen LogP contribution in [-0.2, 0) is 6.61 Å². The molecule has 9 nitrogen and oxygen atoms in total. The first kappa shape index (κ1) is 12.2. The Balaban J connectivity index is 1.95. The molecule has 2 heterocycles. The second kappa shape index (κ2) is 5.40. The summed E-state index contributed by atoms with van der Waals surface area (Å²) in [4.78, 5) is 12.7. The van der Waals surface area contributed by atoms with E-state index in [1.165, 1.54) is 18.2 Å². The average Bonchev–Trinajstić information content (AvgIpc) is 3.05. The lowest BCUT2D eigenvalue weighted by Crippen LogP contribution is -2.34. The van der Waals surface area contributed by atoms with Gasteiger partial charge in [0.25, 0.3) is 5.19 Å². The SMILES string of the molecule is CNC(=O)N(C)c1nnc(OCc2conn2)s1. The molecule has 1 N–H and O–H groups in total. The highest BCUT2D eigenvalue weighted by atomic mass is 32.1. The van der Waals surface area contributed by atoms with E-state index in [0.717, 1.165) is 11.3 Å². The van der Waals surface area contributed by atoms with Crippen molar-refractivity contribution in [2.24, 2.45) is 0 Å². The van der Waals surface area contributed by atoms with Crippen LogP contribution in [0.2, 0.25) is 0 Å². The quantitative estimate of drug-likeness (QED) is 0.850. The smallest absolute Gasteiger partial charge is 0.323 e. The molecule has 2 amide bonds. The Morgan fingerprint density at radius 1 is 1.56 bits per heavy atom. The zero-order valence-corrected chi connectivity index (χ0v) is 10.5. The molecule has 2 rings (SSSR count). The second-order valence-corrected chi connectivity index (χ2v) is 4.07. The molecule has 0 atom stereocenters. The third kappa shape index (κ3) is 2.71. The van der Waals surface area contributed by atoms with Gasteiger partial charge in [0.15, 0.2) is 6.26 Å². The van der Waals surface area contributed by atoms with Gasteiger partial charge in [-0.3, -0.25) is 4.90 Å². The maximum absolute atomic E-state index is 11.3. The van der Waals surface area contributed by atoms with Gasteiger partial charge in [0, 0.05) is 19.4 Å². The second-order valence-electron chi connectivity index (χ2n) is 3.15. The molecule has 18 heavy (non-hydrogen) atoms. The van der Waals surface area contributed by atoms with Gasteiger partial charge in [-0.15, -0.1) is 10.2 Å². The number of amides is 2. The van der Waals surface area contributed by atoms with Crippen molar-refractivity contribution in [3.63, 3.8) is 0 Å². The molecular formula is C8H10N6O3S. The van der Waals surface area contributed by atoms with E-state index < -0.39 is 0 Å². The van der Waals surface area contributed by atoms with Crippen LogP contribution in [0.5, 0.6) is 5.19 Å². The summed E-state index contributed by atoms with van der Waals surface area (Å²) in [5.74, 6) is 0. The first-order valence-electron chi connectivity index (χ1n) is 4.88. The van der Waals surface area contributed by atoms with Crippen LogP contribution in [0.1, 0.15) is 5.69 Å². The molecule has 0 aromatic carbocycles. The molecule has 0 spiro atoms. The van der Waals surface area contributed by atoms with Gasteiger partial charge in [0.2, 0.25) is 5.13 Å². The molecule has 2 aromatic rings. The van der Waals surface area contributed by atoms with E-state index in [-0.39, 0.29) is 12.6 Å². The topological polar surface area (TPSA) is 106 Å². The van der Waals surface area contributed by atoms with E-state index in [1.54, 1.807) is 7.05 Å². The van der Waals surface area contributed by atoms with Gasteiger partial charge in [-0.25, -0.2) is 4.79 Å². The predicted octanol–water partition coefficient (Wildman–Crippen LogP) is 0.276. The first-order chi connectivity index (χ1) is 8.70. The molecule has 0 radical (unpaired) electrons. The van der Waals surface area contributed by atoms with Crippen molar-refractivity contribution in [2.75, 3.05) is 19.0 Å². The van der Waals surface area contributed by atoms with Gasteiger partial charge >= 0.3 is 6.03 Å². The van der Waals surface area contributed by atoms with Gasteiger partial charge in [0.05, 0.1) is 0 Å². The predicted molar refractivity (Wildman–Crippen MR) is 61.4 cm³/mol. The molecule has 10 heteroatoms. The number of ether oxygens (including phenoxy) is 1. The molecule has 0 saturated carbocycles. The number of nitrogens with one attached hydrogen (secondary N) is 1. The zero-order valence-electron chi connectivity index (χ0n) is 9.65. The van der Waals surface area contributed by atoms with Crippen LogP contribution >= 0.6 is 11.3 Å². The number of rotatable bonds is 4. The summed E-state index contributed by atoms with van der Waals surface area (Å²) in [6.45, 7) is 0.182.